The van der Waals surface area contributed by atoms with E-state index in [1.165, 1.54) is 0 Å². The predicted octanol–water partition coefficient (Wildman–Crippen LogP) is 8.16. The Hall–Kier alpha value is -5.87. The van der Waals surface area contributed by atoms with Crippen molar-refractivity contribution < 1.29 is 9.67 Å². The summed E-state index contributed by atoms with van der Waals surface area (Å²) < 4.78 is 2.27. The summed E-state index contributed by atoms with van der Waals surface area (Å²) in [4.78, 5) is 8.38. The molecule has 0 saturated carbocycles. The van der Waals surface area contributed by atoms with E-state index in [9.17, 15) is 5.11 Å². The quantitative estimate of drug-likeness (QED) is 0.195. The van der Waals surface area contributed by atoms with Gasteiger partial charge in [0.1, 0.15) is 0 Å². The summed E-state index contributed by atoms with van der Waals surface area (Å²) in [5, 5.41) is 14.1. The number of hydrogen-bond acceptors (Lipinski definition) is 3. The van der Waals surface area contributed by atoms with Gasteiger partial charge in [-0.3, -0.25) is 9.97 Å². The van der Waals surface area contributed by atoms with E-state index in [1.54, 1.807) is 24.8 Å². The van der Waals surface area contributed by atoms with Crippen LogP contribution in [0, 0.1) is 0 Å². The van der Waals surface area contributed by atoms with E-state index in [2.05, 4.69) is 99.5 Å². The van der Waals surface area contributed by atoms with Crippen molar-refractivity contribution in [1.82, 2.24) is 9.97 Å². The average Bonchev–Trinajstić information content (AvgIpc) is 3.10. The van der Waals surface area contributed by atoms with Gasteiger partial charge in [-0.15, -0.1) is 0 Å². The minimum Gasteiger partial charge on any atom is -0.872 e. The van der Waals surface area contributed by atoms with E-state index in [0.717, 1.165) is 50.5 Å². The first-order valence-electron chi connectivity index (χ1n) is 14.2. The number of pyridine rings is 3. The fraction of sp³-hybridized carbons (Fsp3) is 0. The molecule has 4 aromatic carbocycles. The molecule has 0 N–H and O–H groups in total. The third kappa shape index (κ3) is 5.18. The van der Waals surface area contributed by atoms with Crippen molar-refractivity contribution in [1.29, 1.82) is 0 Å². The Morgan fingerprint density at radius 3 is 1.21 bits per heavy atom. The molecule has 4 heteroatoms. The summed E-state index contributed by atoms with van der Waals surface area (Å²) in [6.07, 6.45) is 6.89. The highest BCUT2D eigenvalue weighted by molar-refractivity contribution is 5.84. The SMILES string of the molecule is [O-]c1c(-c2ccncc2)cc(-[n+]2c(-c3ccccc3)cc(-c3ccccc3)cc2-c2ccccc2)cc1-c1ccncc1. The van der Waals surface area contributed by atoms with Crippen LogP contribution in [0.5, 0.6) is 5.75 Å². The van der Waals surface area contributed by atoms with Crippen LogP contribution in [0.25, 0.3) is 61.6 Å². The zero-order valence-electron chi connectivity index (χ0n) is 23.3. The van der Waals surface area contributed by atoms with Gasteiger partial charge in [-0.25, -0.2) is 0 Å². The second-order valence-electron chi connectivity index (χ2n) is 10.3. The van der Waals surface area contributed by atoms with Gasteiger partial charge < -0.3 is 5.11 Å². The molecule has 43 heavy (non-hydrogen) atoms. The Balaban J connectivity index is 1.60. The zero-order valence-corrected chi connectivity index (χ0v) is 23.3. The fourth-order valence-electron chi connectivity index (χ4n) is 5.55. The van der Waals surface area contributed by atoms with Crippen LogP contribution >= 0.6 is 0 Å². The summed E-state index contributed by atoms with van der Waals surface area (Å²) in [7, 11) is 0. The molecule has 204 valence electrons. The lowest BCUT2D eigenvalue weighted by molar-refractivity contribution is -0.572. The summed E-state index contributed by atoms with van der Waals surface area (Å²) in [5.74, 6) is -0.0369. The Kier molecular flexibility index (Phi) is 7.00. The molecule has 0 atom stereocenters. The van der Waals surface area contributed by atoms with E-state index in [4.69, 9.17) is 0 Å². The number of nitrogens with zero attached hydrogens (tertiary/aromatic N) is 3. The maximum Gasteiger partial charge on any atom is 0.219 e. The van der Waals surface area contributed by atoms with Gasteiger partial charge in [0.25, 0.3) is 0 Å². The smallest absolute Gasteiger partial charge is 0.219 e. The van der Waals surface area contributed by atoms with E-state index in [-0.39, 0.29) is 5.75 Å². The fourth-order valence-corrected chi connectivity index (χ4v) is 5.55. The first kappa shape index (κ1) is 26.1. The standard InChI is InChI=1S/C39H27N3O/c43-39-35(29-16-20-40-21-17-29)26-34(27-36(39)30-18-22-41-23-19-30)42-37(31-12-6-2-7-13-31)24-33(28-10-4-1-5-11-28)25-38(42)32-14-8-3-9-15-32/h1-27H. The third-order valence-corrected chi connectivity index (χ3v) is 7.63. The van der Waals surface area contributed by atoms with Gasteiger partial charge in [0.05, 0.1) is 0 Å². The number of rotatable bonds is 6. The molecule has 0 aliphatic heterocycles. The van der Waals surface area contributed by atoms with E-state index in [0.29, 0.717) is 11.1 Å². The molecule has 4 nitrogen and oxygen atoms in total. The molecule has 7 rings (SSSR count). The van der Waals surface area contributed by atoms with Crippen molar-refractivity contribution in [2.24, 2.45) is 0 Å². The second kappa shape index (κ2) is 11.6. The molecule has 0 unspecified atom stereocenters. The summed E-state index contributed by atoms with van der Waals surface area (Å²) in [6, 6.07) is 47.3. The molecule has 7 aromatic rings. The third-order valence-electron chi connectivity index (χ3n) is 7.63. The van der Waals surface area contributed by atoms with Crippen LogP contribution in [0.4, 0.5) is 0 Å². The van der Waals surface area contributed by atoms with Crippen LogP contribution < -0.4 is 9.67 Å². The number of aromatic nitrogens is 3. The number of benzene rings is 4. The van der Waals surface area contributed by atoms with Crippen LogP contribution in [-0.2, 0) is 0 Å². The van der Waals surface area contributed by atoms with Crippen molar-refractivity contribution in [3.63, 3.8) is 0 Å². The van der Waals surface area contributed by atoms with Crippen LogP contribution in [0.3, 0.4) is 0 Å². The van der Waals surface area contributed by atoms with Gasteiger partial charge in [0.15, 0.2) is 0 Å². The molecule has 0 radical (unpaired) electrons. The van der Waals surface area contributed by atoms with Gasteiger partial charge in [-0.1, -0.05) is 72.5 Å². The Morgan fingerprint density at radius 1 is 0.395 bits per heavy atom. The van der Waals surface area contributed by atoms with E-state index in [1.807, 2.05) is 54.6 Å². The minimum absolute atomic E-state index is 0.0369. The normalized spacial score (nSPS) is 10.9. The Bertz CT molecular complexity index is 1870. The summed E-state index contributed by atoms with van der Waals surface area (Å²) in [6.45, 7) is 0. The van der Waals surface area contributed by atoms with Gasteiger partial charge in [0.2, 0.25) is 17.1 Å². The molecule has 0 bridgehead atoms. The van der Waals surface area contributed by atoms with Crippen molar-refractivity contribution in [2.75, 3.05) is 0 Å². The zero-order chi connectivity index (χ0) is 29.0. The summed E-state index contributed by atoms with van der Waals surface area (Å²) >= 11 is 0. The molecule has 0 amide bonds. The highest BCUT2D eigenvalue weighted by Crippen LogP contribution is 2.39. The summed E-state index contributed by atoms with van der Waals surface area (Å²) in [5.41, 5.74) is 10.2. The Morgan fingerprint density at radius 2 is 0.791 bits per heavy atom. The monoisotopic (exact) mass is 553 g/mol. The molecule has 0 aliphatic rings. The molecule has 0 saturated heterocycles. The van der Waals surface area contributed by atoms with Crippen molar-refractivity contribution in [3.05, 3.63) is 164 Å². The molecule has 0 spiro atoms. The second-order valence-corrected chi connectivity index (χ2v) is 10.3. The molecule has 0 aliphatic carbocycles. The topological polar surface area (TPSA) is 52.7 Å². The lowest BCUT2D eigenvalue weighted by atomic mass is 9.95. The van der Waals surface area contributed by atoms with Crippen molar-refractivity contribution in [2.45, 2.75) is 0 Å². The lowest BCUT2D eigenvalue weighted by Gasteiger charge is -2.21. The number of hydrogen-bond donors (Lipinski definition) is 0. The average molecular weight is 554 g/mol. The first-order chi connectivity index (χ1) is 21.3. The van der Waals surface area contributed by atoms with Gasteiger partial charge >= 0.3 is 0 Å². The van der Waals surface area contributed by atoms with E-state index < -0.39 is 0 Å². The van der Waals surface area contributed by atoms with Crippen molar-refractivity contribution in [3.8, 4) is 67.3 Å². The van der Waals surface area contributed by atoms with Gasteiger partial charge in [-0.05, 0) is 81.9 Å². The van der Waals surface area contributed by atoms with Crippen LogP contribution in [0.2, 0.25) is 0 Å². The first-order valence-corrected chi connectivity index (χ1v) is 14.2. The minimum atomic E-state index is -0.0369. The van der Waals surface area contributed by atoms with Crippen LogP contribution in [-0.4, -0.2) is 9.97 Å². The highest BCUT2D eigenvalue weighted by Gasteiger charge is 2.26. The van der Waals surface area contributed by atoms with Gasteiger partial charge in [0, 0.05) is 60.2 Å². The molecule has 3 heterocycles. The maximum atomic E-state index is 14.1. The Labute approximate surface area is 250 Å². The van der Waals surface area contributed by atoms with Crippen LogP contribution in [0.15, 0.2) is 164 Å². The molecular formula is C39H27N3O. The van der Waals surface area contributed by atoms with Crippen LogP contribution in [0.1, 0.15) is 0 Å². The van der Waals surface area contributed by atoms with E-state index >= 15 is 0 Å². The highest BCUT2D eigenvalue weighted by atomic mass is 16.3. The van der Waals surface area contributed by atoms with Crippen molar-refractivity contribution >= 4 is 0 Å². The van der Waals surface area contributed by atoms with Gasteiger partial charge in [-0.2, -0.15) is 4.57 Å². The lowest BCUT2D eigenvalue weighted by Crippen LogP contribution is -2.36. The predicted molar refractivity (Wildman–Crippen MR) is 170 cm³/mol. The molecular weight excluding hydrogens is 526 g/mol. The molecule has 0 fully saturated rings. The molecule has 3 aromatic heterocycles. The maximum absolute atomic E-state index is 14.1. The largest absolute Gasteiger partial charge is 0.872 e.